The first kappa shape index (κ1) is 40.3. The van der Waals surface area contributed by atoms with Gasteiger partial charge in [0.15, 0.2) is 0 Å². The van der Waals surface area contributed by atoms with E-state index < -0.39 is 29.5 Å². The number of aromatic nitrogens is 1. The normalized spacial score (nSPS) is 13.5. The fraction of sp³-hybridized carbons (Fsp3) is 0.463. The van der Waals surface area contributed by atoms with Crippen molar-refractivity contribution in [1.29, 1.82) is 5.26 Å². The summed E-state index contributed by atoms with van der Waals surface area (Å²) >= 11 is 0. The van der Waals surface area contributed by atoms with E-state index in [1.165, 1.54) is 17.3 Å². The van der Waals surface area contributed by atoms with Crippen LogP contribution < -0.4 is 4.90 Å². The van der Waals surface area contributed by atoms with Crippen molar-refractivity contribution in [3.8, 4) is 6.07 Å². The summed E-state index contributed by atoms with van der Waals surface area (Å²) in [7, 11) is 0. The second-order valence-corrected chi connectivity index (χ2v) is 15.7. The maximum Gasteiger partial charge on any atom is 0.420 e. The van der Waals surface area contributed by atoms with Crippen LogP contribution in [0.3, 0.4) is 0 Å². The second kappa shape index (κ2) is 17.4. The van der Waals surface area contributed by atoms with Gasteiger partial charge in [0.25, 0.3) is 5.91 Å². The minimum atomic E-state index is -0.800. The van der Waals surface area contributed by atoms with E-state index in [0.717, 1.165) is 21.6 Å². The predicted octanol–water partition coefficient (Wildman–Crippen LogP) is 8.44. The number of hydrogen-bond donors (Lipinski definition) is 0. The summed E-state index contributed by atoms with van der Waals surface area (Å²) in [4.78, 5) is 61.7. The van der Waals surface area contributed by atoms with Gasteiger partial charge < -0.3 is 19.1 Å². The number of piperidine rings is 1. The number of imide groups is 1. The van der Waals surface area contributed by atoms with Crippen LogP contribution in [0.4, 0.5) is 20.1 Å². The number of amides is 4. The van der Waals surface area contributed by atoms with Crippen molar-refractivity contribution in [3.05, 3.63) is 94.8 Å². The SMILES string of the molecule is CC(C)COC(=O)N(Cc1cccc(C#N)c1)c1cncc(C(=O)N2CCC(c3cccc(CN(C(=O)OC(C)(C)C)C(=O)OC(C)(C)C)c3)CC2)c1. The Morgan fingerprint density at radius 3 is 2.04 bits per heavy atom. The Bertz CT molecular complexity index is 1790. The fourth-order valence-corrected chi connectivity index (χ4v) is 5.76. The van der Waals surface area contributed by atoms with E-state index in [-0.39, 0.29) is 37.4 Å². The minimum Gasteiger partial charge on any atom is -0.449 e. The fourth-order valence-electron chi connectivity index (χ4n) is 5.76. The van der Waals surface area contributed by atoms with Crippen molar-refractivity contribution in [1.82, 2.24) is 14.8 Å². The molecule has 1 saturated heterocycles. The number of carbonyl (C=O) groups excluding carboxylic acids is 4. The maximum atomic E-state index is 13.8. The first-order valence-corrected chi connectivity index (χ1v) is 17.9. The van der Waals surface area contributed by atoms with Gasteiger partial charge in [-0.2, -0.15) is 5.26 Å². The third-order valence-corrected chi connectivity index (χ3v) is 8.21. The van der Waals surface area contributed by atoms with Gasteiger partial charge in [-0.05, 0) is 101 Å². The first-order valence-electron chi connectivity index (χ1n) is 17.9. The molecule has 2 aromatic carbocycles. The van der Waals surface area contributed by atoms with Gasteiger partial charge in [-0.15, -0.1) is 0 Å². The molecule has 0 bridgehead atoms. The Morgan fingerprint density at radius 2 is 1.45 bits per heavy atom. The van der Waals surface area contributed by atoms with Crippen molar-refractivity contribution in [2.24, 2.45) is 5.92 Å². The highest BCUT2D eigenvalue weighted by molar-refractivity contribution is 5.96. The molecule has 4 amide bonds. The number of nitrogens with zero attached hydrogens (tertiary/aromatic N) is 5. The van der Waals surface area contributed by atoms with E-state index in [9.17, 15) is 24.4 Å². The van der Waals surface area contributed by atoms with Crippen LogP contribution in [0.2, 0.25) is 0 Å². The monoisotopic (exact) mass is 725 g/mol. The summed E-state index contributed by atoms with van der Waals surface area (Å²) in [5, 5.41) is 9.37. The van der Waals surface area contributed by atoms with Crippen LogP contribution in [0.15, 0.2) is 67.0 Å². The molecule has 1 fully saturated rings. The number of carbonyl (C=O) groups is 4. The molecule has 1 aromatic heterocycles. The number of ether oxygens (including phenoxy) is 3. The van der Waals surface area contributed by atoms with Gasteiger partial charge in [0, 0.05) is 19.3 Å². The molecule has 53 heavy (non-hydrogen) atoms. The number of nitriles is 1. The van der Waals surface area contributed by atoms with Crippen LogP contribution in [0.5, 0.6) is 0 Å². The van der Waals surface area contributed by atoms with Gasteiger partial charge in [-0.3, -0.25) is 14.7 Å². The third-order valence-electron chi connectivity index (χ3n) is 8.21. The topological polar surface area (TPSA) is 142 Å². The average molecular weight is 726 g/mol. The molecule has 3 aromatic rings. The molecule has 12 heteroatoms. The van der Waals surface area contributed by atoms with Crippen molar-refractivity contribution in [2.45, 2.75) is 98.4 Å². The van der Waals surface area contributed by atoms with E-state index in [1.54, 1.807) is 70.7 Å². The van der Waals surface area contributed by atoms with Gasteiger partial charge in [0.05, 0.1) is 48.8 Å². The summed E-state index contributed by atoms with van der Waals surface area (Å²) in [5.41, 5.74) is 2.15. The van der Waals surface area contributed by atoms with Gasteiger partial charge in [-0.1, -0.05) is 50.2 Å². The Morgan fingerprint density at radius 1 is 0.849 bits per heavy atom. The van der Waals surface area contributed by atoms with E-state index >= 15 is 0 Å². The molecule has 2 heterocycles. The van der Waals surface area contributed by atoms with E-state index in [0.29, 0.717) is 42.7 Å². The Balaban J connectivity index is 1.46. The largest absolute Gasteiger partial charge is 0.449 e. The van der Waals surface area contributed by atoms with E-state index in [2.05, 4.69) is 11.1 Å². The third kappa shape index (κ3) is 12.1. The van der Waals surface area contributed by atoms with Crippen LogP contribution in [0.25, 0.3) is 0 Å². The Hall–Kier alpha value is -5.44. The lowest BCUT2D eigenvalue weighted by Gasteiger charge is -2.33. The summed E-state index contributed by atoms with van der Waals surface area (Å²) in [6.45, 7) is 15.6. The number of pyridine rings is 1. The molecule has 0 N–H and O–H groups in total. The molecule has 0 spiro atoms. The van der Waals surface area contributed by atoms with Crippen molar-refractivity contribution < 1.29 is 33.4 Å². The molecule has 0 saturated carbocycles. The van der Waals surface area contributed by atoms with Crippen molar-refractivity contribution >= 4 is 29.9 Å². The summed E-state index contributed by atoms with van der Waals surface area (Å²) < 4.78 is 16.6. The van der Waals surface area contributed by atoms with E-state index in [4.69, 9.17) is 14.2 Å². The highest BCUT2D eigenvalue weighted by atomic mass is 16.6. The summed E-state index contributed by atoms with van der Waals surface area (Å²) in [5.74, 6) is 0.0811. The molecule has 4 rings (SSSR count). The smallest absolute Gasteiger partial charge is 0.420 e. The van der Waals surface area contributed by atoms with Crippen molar-refractivity contribution in [3.63, 3.8) is 0 Å². The lowest BCUT2D eigenvalue weighted by Crippen LogP contribution is -2.43. The number of anilines is 1. The molecule has 0 radical (unpaired) electrons. The number of hydrogen-bond acceptors (Lipinski definition) is 9. The van der Waals surface area contributed by atoms with Crippen molar-refractivity contribution in [2.75, 3.05) is 24.6 Å². The van der Waals surface area contributed by atoms with Crippen LogP contribution in [-0.4, -0.2) is 69.9 Å². The number of rotatable bonds is 9. The lowest BCUT2D eigenvalue weighted by atomic mass is 9.88. The molecular weight excluding hydrogens is 674 g/mol. The number of likely N-dealkylation sites (tertiary alicyclic amines) is 1. The number of benzene rings is 2. The predicted molar refractivity (Wildman–Crippen MR) is 200 cm³/mol. The zero-order chi connectivity index (χ0) is 38.9. The van der Waals surface area contributed by atoms with Gasteiger partial charge >= 0.3 is 18.3 Å². The molecule has 0 atom stereocenters. The zero-order valence-corrected chi connectivity index (χ0v) is 32.0. The maximum absolute atomic E-state index is 13.8. The lowest BCUT2D eigenvalue weighted by molar-refractivity contribution is -0.000290. The van der Waals surface area contributed by atoms with Crippen LogP contribution in [-0.2, 0) is 27.3 Å². The molecule has 12 nitrogen and oxygen atoms in total. The Kier molecular flexibility index (Phi) is 13.2. The van der Waals surface area contributed by atoms with Gasteiger partial charge in [-0.25, -0.2) is 19.3 Å². The Labute approximate surface area is 312 Å². The molecule has 0 aliphatic carbocycles. The van der Waals surface area contributed by atoms with Crippen LogP contribution >= 0.6 is 0 Å². The zero-order valence-electron chi connectivity index (χ0n) is 32.0. The average Bonchev–Trinajstić information content (AvgIpc) is 3.10. The summed E-state index contributed by atoms with van der Waals surface area (Å²) in [6, 6.07) is 18.5. The molecule has 1 aliphatic rings. The minimum absolute atomic E-state index is 0.0237. The van der Waals surface area contributed by atoms with Crippen LogP contribution in [0.1, 0.15) is 107 Å². The molecular formula is C41H51N5O7. The van der Waals surface area contributed by atoms with Crippen LogP contribution in [0, 0.1) is 17.2 Å². The summed E-state index contributed by atoms with van der Waals surface area (Å²) in [6.07, 6.45) is 2.28. The molecule has 1 aliphatic heterocycles. The van der Waals surface area contributed by atoms with Gasteiger partial charge in [0.1, 0.15) is 11.2 Å². The quantitative estimate of drug-likeness (QED) is 0.199. The first-order chi connectivity index (χ1) is 24.9. The standard InChI is InChI=1S/C41H51N5O7/c1-28(2)27-51-37(48)45(25-30-12-9-11-29(19-30)22-42)35-21-34(23-43-24-35)36(47)44-17-15-32(16-18-44)33-14-10-13-31(20-33)26-46(38(49)52-40(3,4)5)39(50)53-41(6,7)8/h9-14,19-21,23-24,28,32H,15-18,25-27H2,1-8H3. The van der Waals surface area contributed by atoms with Gasteiger partial charge in [0.2, 0.25) is 0 Å². The molecule has 282 valence electrons. The van der Waals surface area contributed by atoms with E-state index in [1.807, 2.05) is 44.2 Å². The molecule has 0 unspecified atom stereocenters. The highest BCUT2D eigenvalue weighted by Gasteiger charge is 2.32. The highest BCUT2D eigenvalue weighted by Crippen LogP contribution is 2.30. The second-order valence-electron chi connectivity index (χ2n) is 15.7.